The normalized spacial score (nSPS) is 27.2. The molecule has 1 heterocycles. The van der Waals surface area contributed by atoms with Gasteiger partial charge in [-0.3, -0.25) is 5.32 Å². The predicted octanol–water partition coefficient (Wildman–Crippen LogP) is 0.925. The summed E-state index contributed by atoms with van der Waals surface area (Å²) in [7, 11) is 0. The summed E-state index contributed by atoms with van der Waals surface area (Å²) < 4.78 is 0. The Kier molecular flexibility index (Phi) is 1.81. The number of nitrogens with one attached hydrogen (secondary N) is 1. The molecular weight excluding hydrogens is 178 g/mol. The molecule has 0 amide bonds. The fraction of sp³-hybridized carbons (Fsp3) is 0.250. The van der Waals surface area contributed by atoms with Gasteiger partial charge in [0.05, 0.1) is 0 Å². The topological polar surface area (TPSA) is 52.5 Å². The molecule has 3 nitrogen and oxygen atoms in total. The van der Waals surface area contributed by atoms with Crippen molar-refractivity contribution in [1.82, 2.24) is 5.32 Å². The molecule has 0 aromatic heterocycles. The third-order valence-electron chi connectivity index (χ3n) is 1.95. The second-order valence-corrected chi connectivity index (χ2v) is 3.18. The van der Waals surface area contributed by atoms with Crippen LogP contribution in [0.3, 0.4) is 0 Å². The summed E-state index contributed by atoms with van der Waals surface area (Å²) in [5.74, 6) is 0. The van der Waals surface area contributed by atoms with E-state index in [1.807, 2.05) is 0 Å². The van der Waals surface area contributed by atoms with Crippen molar-refractivity contribution >= 4 is 11.6 Å². The highest BCUT2D eigenvalue weighted by molar-refractivity contribution is 6.30. The van der Waals surface area contributed by atoms with Gasteiger partial charge >= 0.3 is 0 Å². The van der Waals surface area contributed by atoms with Crippen molar-refractivity contribution in [1.29, 1.82) is 0 Å². The van der Waals surface area contributed by atoms with Crippen LogP contribution in [-0.2, 0) is 0 Å². The molecule has 1 aromatic carbocycles. The zero-order valence-corrected chi connectivity index (χ0v) is 6.92. The monoisotopic (exact) mass is 185 g/mol. The lowest BCUT2D eigenvalue weighted by Gasteiger charge is -2.02. The van der Waals surface area contributed by atoms with E-state index < -0.39 is 12.5 Å². The largest absolute Gasteiger partial charge is 0.374 e. The van der Waals surface area contributed by atoms with Crippen molar-refractivity contribution < 1.29 is 10.2 Å². The second-order valence-electron chi connectivity index (χ2n) is 2.74. The number of aliphatic hydroxyl groups excluding tert-OH is 2. The smallest absolute Gasteiger partial charge is 0.133 e. The van der Waals surface area contributed by atoms with Crippen molar-refractivity contribution in [3.05, 3.63) is 34.3 Å². The van der Waals surface area contributed by atoms with Crippen LogP contribution in [0.25, 0.3) is 0 Å². The maximum absolute atomic E-state index is 9.35. The highest BCUT2D eigenvalue weighted by Gasteiger charge is 2.26. The predicted molar refractivity (Wildman–Crippen MR) is 44.5 cm³/mol. The quantitative estimate of drug-likeness (QED) is 0.564. The van der Waals surface area contributed by atoms with Gasteiger partial charge in [-0.2, -0.15) is 0 Å². The van der Waals surface area contributed by atoms with E-state index in [4.69, 9.17) is 11.6 Å². The van der Waals surface area contributed by atoms with E-state index >= 15 is 0 Å². The maximum Gasteiger partial charge on any atom is 0.133 e. The Morgan fingerprint density at radius 2 is 1.83 bits per heavy atom. The Morgan fingerprint density at radius 1 is 1.17 bits per heavy atom. The van der Waals surface area contributed by atoms with E-state index in [2.05, 4.69) is 5.32 Å². The zero-order chi connectivity index (χ0) is 8.72. The lowest BCUT2D eigenvalue weighted by atomic mass is 10.1. The summed E-state index contributed by atoms with van der Waals surface area (Å²) in [6.45, 7) is 0. The minimum atomic E-state index is -0.811. The lowest BCUT2D eigenvalue weighted by Crippen LogP contribution is -2.16. The first-order valence-electron chi connectivity index (χ1n) is 3.60. The molecule has 64 valence electrons. The first-order chi connectivity index (χ1) is 5.68. The summed E-state index contributed by atoms with van der Waals surface area (Å²) >= 11 is 5.72. The molecule has 1 aliphatic heterocycles. The molecule has 0 aliphatic carbocycles. The zero-order valence-electron chi connectivity index (χ0n) is 6.16. The van der Waals surface area contributed by atoms with E-state index in [-0.39, 0.29) is 0 Å². The molecule has 0 spiro atoms. The Morgan fingerprint density at radius 3 is 2.58 bits per heavy atom. The first-order valence-corrected chi connectivity index (χ1v) is 3.98. The summed E-state index contributed by atoms with van der Waals surface area (Å²) in [6, 6.07) is 5.03. The van der Waals surface area contributed by atoms with Gasteiger partial charge in [0.2, 0.25) is 0 Å². The van der Waals surface area contributed by atoms with E-state index in [9.17, 15) is 10.2 Å². The van der Waals surface area contributed by atoms with Crippen LogP contribution < -0.4 is 5.32 Å². The van der Waals surface area contributed by atoms with Crippen LogP contribution in [0.5, 0.6) is 0 Å². The number of benzene rings is 1. The summed E-state index contributed by atoms with van der Waals surface area (Å²) in [5, 5.41) is 21.8. The second kappa shape index (κ2) is 2.71. The van der Waals surface area contributed by atoms with Gasteiger partial charge in [0.15, 0.2) is 0 Å². The summed E-state index contributed by atoms with van der Waals surface area (Å²) in [4.78, 5) is 0. The van der Waals surface area contributed by atoms with Crippen LogP contribution in [0.1, 0.15) is 23.6 Å². The molecule has 0 fully saturated rings. The van der Waals surface area contributed by atoms with Crippen molar-refractivity contribution in [2.24, 2.45) is 0 Å². The standard InChI is InChI=1S/C8H8ClNO2/c9-4-1-2-5-6(3-4)8(12)10-7(5)11/h1-3,7-8,10-12H. The Balaban J connectivity index is 2.53. The number of halogens is 1. The molecule has 1 aliphatic rings. The third-order valence-corrected chi connectivity index (χ3v) is 2.19. The van der Waals surface area contributed by atoms with Crippen molar-refractivity contribution in [3.63, 3.8) is 0 Å². The average Bonchev–Trinajstić information content (AvgIpc) is 2.28. The van der Waals surface area contributed by atoms with Gasteiger partial charge < -0.3 is 10.2 Å². The molecule has 4 heteroatoms. The highest BCUT2D eigenvalue weighted by Crippen LogP contribution is 2.31. The van der Waals surface area contributed by atoms with Gasteiger partial charge in [-0.15, -0.1) is 0 Å². The Bertz CT molecular complexity index is 316. The van der Waals surface area contributed by atoms with Crippen LogP contribution in [0, 0.1) is 0 Å². The third kappa shape index (κ3) is 1.11. The molecule has 3 N–H and O–H groups in total. The molecule has 12 heavy (non-hydrogen) atoms. The lowest BCUT2D eigenvalue weighted by molar-refractivity contribution is 0.0671. The number of rotatable bonds is 0. The van der Waals surface area contributed by atoms with E-state index in [0.717, 1.165) is 0 Å². The van der Waals surface area contributed by atoms with Crippen molar-refractivity contribution in [2.45, 2.75) is 12.5 Å². The number of fused-ring (bicyclic) bond motifs is 1. The Labute approximate surface area is 74.6 Å². The molecule has 0 radical (unpaired) electrons. The number of aliphatic hydroxyl groups is 2. The van der Waals surface area contributed by atoms with Gasteiger partial charge in [0.1, 0.15) is 12.5 Å². The van der Waals surface area contributed by atoms with Gasteiger partial charge in [-0.25, -0.2) is 0 Å². The van der Waals surface area contributed by atoms with Crippen LogP contribution in [-0.4, -0.2) is 10.2 Å². The summed E-state index contributed by atoms with van der Waals surface area (Å²) in [6.07, 6.45) is -1.60. The van der Waals surface area contributed by atoms with Gasteiger partial charge in [0, 0.05) is 16.1 Å². The molecule has 2 atom stereocenters. The van der Waals surface area contributed by atoms with Crippen LogP contribution in [0.15, 0.2) is 18.2 Å². The van der Waals surface area contributed by atoms with Gasteiger partial charge in [-0.05, 0) is 12.1 Å². The van der Waals surface area contributed by atoms with Gasteiger partial charge in [-0.1, -0.05) is 17.7 Å². The first kappa shape index (κ1) is 8.01. The highest BCUT2D eigenvalue weighted by atomic mass is 35.5. The van der Waals surface area contributed by atoms with Crippen LogP contribution in [0.2, 0.25) is 5.02 Å². The number of hydrogen-bond acceptors (Lipinski definition) is 3. The minimum absolute atomic E-state index is 0.559. The molecule has 0 saturated carbocycles. The fourth-order valence-corrected chi connectivity index (χ4v) is 1.54. The van der Waals surface area contributed by atoms with Crippen LogP contribution in [0.4, 0.5) is 0 Å². The van der Waals surface area contributed by atoms with E-state index in [1.54, 1.807) is 18.2 Å². The molecule has 1 aromatic rings. The van der Waals surface area contributed by atoms with Crippen molar-refractivity contribution in [3.8, 4) is 0 Å². The molecule has 0 bridgehead atoms. The molecular formula is C8H8ClNO2. The SMILES string of the molecule is OC1NC(O)c2cc(Cl)ccc21. The van der Waals surface area contributed by atoms with Gasteiger partial charge in [0.25, 0.3) is 0 Å². The maximum atomic E-state index is 9.35. The molecule has 2 unspecified atom stereocenters. The van der Waals surface area contributed by atoms with E-state index in [1.165, 1.54) is 0 Å². The van der Waals surface area contributed by atoms with Crippen molar-refractivity contribution in [2.75, 3.05) is 0 Å². The Hall–Kier alpha value is -0.610. The fourth-order valence-electron chi connectivity index (χ4n) is 1.36. The number of hydrogen-bond donors (Lipinski definition) is 3. The minimum Gasteiger partial charge on any atom is -0.374 e. The molecule has 2 rings (SSSR count). The van der Waals surface area contributed by atoms with Crippen LogP contribution >= 0.6 is 11.6 Å². The van der Waals surface area contributed by atoms with E-state index in [0.29, 0.717) is 16.1 Å². The summed E-state index contributed by atoms with van der Waals surface area (Å²) in [5.41, 5.74) is 1.34. The average molecular weight is 186 g/mol. The molecule has 0 saturated heterocycles.